The third kappa shape index (κ3) is 2.29. The maximum Gasteiger partial charge on any atom is 0.143 e. The van der Waals surface area contributed by atoms with Crippen molar-refractivity contribution in [2.45, 2.75) is 45.8 Å². The van der Waals surface area contributed by atoms with E-state index in [0.717, 1.165) is 30.2 Å². The summed E-state index contributed by atoms with van der Waals surface area (Å²) >= 11 is 6.22. The predicted octanol–water partition coefficient (Wildman–Crippen LogP) is 3.86. The highest BCUT2D eigenvalue weighted by Gasteiger charge is 2.35. The molecule has 2 rings (SSSR count). The largest absolute Gasteiger partial charge is 0.487 e. The second kappa shape index (κ2) is 5.28. The Kier molecular flexibility index (Phi) is 3.95. The van der Waals surface area contributed by atoms with Gasteiger partial charge in [-0.25, -0.2) is 0 Å². The summed E-state index contributed by atoms with van der Waals surface area (Å²) in [6, 6.07) is 4.28. The molecule has 1 aliphatic rings. The zero-order valence-electron chi connectivity index (χ0n) is 10.7. The second-order valence-corrected chi connectivity index (χ2v) is 4.99. The Morgan fingerprint density at radius 2 is 2.12 bits per heavy atom. The number of benzene rings is 1. The van der Waals surface area contributed by atoms with E-state index < -0.39 is 0 Å². The molecule has 0 aliphatic carbocycles. The van der Waals surface area contributed by atoms with Crippen molar-refractivity contribution < 1.29 is 4.74 Å². The second-order valence-electron chi connectivity index (χ2n) is 4.59. The topological polar surface area (TPSA) is 21.3 Å². The van der Waals surface area contributed by atoms with Crippen LogP contribution in [0.15, 0.2) is 12.1 Å². The van der Waals surface area contributed by atoms with Gasteiger partial charge in [-0.1, -0.05) is 37.9 Å². The van der Waals surface area contributed by atoms with Crippen molar-refractivity contribution in [2.75, 3.05) is 6.54 Å². The Hall–Kier alpha value is -0.730. The maximum atomic E-state index is 6.22. The smallest absolute Gasteiger partial charge is 0.143 e. The molecule has 17 heavy (non-hydrogen) atoms. The van der Waals surface area contributed by atoms with Gasteiger partial charge in [-0.15, -0.1) is 0 Å². The average Bonchev–Trinajstić information content (AvgIpc) is 2.66. The summed E-state index contributed by atoms with van der Waals surface area (Å²) in [5.41, 5.74) is 2.51. The van der Waals surface area contributed by atoms with Gasteiger partial charge in [0.25, 0.3) is 0 Å². The average molecular weight is 254 g/mol. The summed E-state index contributed by atoms with van der Waals surface area (Å²) in [5.74, 6) is 0.885. The standard InChI is InChI=1S/C14H20ClNO/c1-4-6-11-13(16-5-2)12-9(3)7-8-10(15)14(12)17-11/h7-8,11,13,16H,4-6H2,1-3H3. The third-order valence-electron chi connectivity index (χ3n) is 3.32. The van der Waals surface area contributed by atoms with Crippen LogP contribution >= 0.6 is 11.6 Å². The number of rotatable bonds is 4. The number of hydrogen-bond acceptors (Lipinski definition) is 2. The van der Waals surface area contributed by atoms with E-state index in [4.69, 9.17) is 16.3 Å². The molecule has 0 saturated carbocycles. The quantitative estimate of drug-likeness (QED) is 0.880. The summed E-state index contributed by atoms with van der Waals surface area (Å²) in [5, 5.41) is 4.25. The summed E-state index contributed by atoms with van der Waals surface area (Å²) in [6.07, 6.45) is 2.40. The molecular weight excluding hydrogens is 234 g/mol. The molecule has 1 aliphatic heterocycles. The van der Waals surface area contributed by atoms with Gasteiger partial charge >= 0.3 is 0 Å². The first-order valence-corrected chi connectivity index (χ1v) is 6.75. The van der Waals surface area contributed by atoms with Crippen LogP contribution in [0.5, 0.6) is 5.75 Å². The van der Waals surface area contributed by atoms with Gasteiger partial charge in [-0.2, -0.15) is 0 Å². The molecule has 0 spiro atoms. The Balaban J connectivity index is 2.39. The van der Waals surface area contributed by atoms with E-state index in [1.54, 1.807) is 0 Å². The maximum absolute atomic E-state index is 6.22. The molecule has 94 valence electrons. The van der Waals surface area contributed by atoms with E-state index in [-0.39, 0.29) is 12.1 Å². The number of aryl methyl sites for hydroxylation is 1. The molecule has 2 nitrogen and oxygen atoms in total. The fourth-order valence-corrected chi connectivity index (χ4v) is 2.76. The van der Waals surface area contributed by atoms with Gasteiger partial charge in [0.1, 0.15) is 11.9 Å². The third-order valence-corrected chi connectivity index (χ3v) is 3.61. The van der Waals surface area contributed by atoms with E-state index in [1.165, 1.54) is 11.1 Å². The summed E-state index contributed by atoms with van der Waals surface area (Å²) in [6.45, 7) is 7.38. The summed E-state index contributed by atoms with van der Waals surface area (Å²) in [7, 11) is 0. The fraction of sp³-hybridized carbons (Fsp3) is 0.571. The van der Waals surface area contributed by atoms with Crippen molar-refractivity contribution >= 4 is 11.6 Å². The lowest BCUT2D eigenvalue weighted by Crippen LogP contribution is -2.31. The first-order valence-electron chi connectivity index (χ1n) is 6.38. The van der Waals surface area contributed by atoms with Crippen LogP contribution in [-0.2, 0) is 0 Å². The predicted molar refractivity (Wildman–Crippen MR) is 71.9 cm³/mol. The number of nitrogens with one attached hydrogen (secondary N) is 1. The van der Waals surface area contributed by atoms with E-state index in [1.807, 2.05) is 6.07 Å². The number of halogens is 1. The molecule has 1 aromatic rings. The van der Waals surface area contributed by atoms with Gasteiger partial charge in [0.05, 0.1) is 11.1 Å². The van der Waals surface area contributed by atoms with E-state index in [0.29, 0.717) is 0 Å². The fourth-order valence-electron chi connectivity index (χ4n) is 2.55. The van der Waals surface area contributed by atoms with Crippen LogP contribution in [0.1, 0.15) is 43.9 Å². The van der Waals surface area contributed by atoms with Crippen LogP contribution in [0.2, 0.25) is 5.02 Å². The first kappa shape index (κ1) is 12.7. The van der Waals surface area contributed by atoms with Gasteiger partial charge in [0.15, 0.2) is 0 Å². The number of ether oxygens (including phenoxy) is 1. The lowest BCUT2D eigenvalue weighted by atomic mass is 9.96. The van der Waals surface area contributed by atoms with Crippen LogP contribution < -0.4 is 10.1 Å². The Bertz CT molecular complexity index is 405. The molecule has 3 heteroatoms. The normalized spacial score (nSPS) is 22.4. The molecule has 2 atom stereocenters. The zero-order valence-corrected chi connectivity index (χ0v) is 11.5. The Labute approximate surface area is 108 Å². The van der Waals surface area contributed by atoms with Crippen LogP contribution in [-0.4, -0.2) is 12.6 Å². The van der Waals surface area contributed by atoms with Gasteiger partial charge in [0, 0.05) is 5.56 Å². The van der Waals surface area contributed by atoms with Gasteiger partial charge < -0.3 is 10.1 Å². The molecule has 0 amide bonds. The van der Waals surface area contributed by atoms with Gasteiger partial charge in [-0.3, -0.25) is 0 Å². The molecule has 1 N–H and O–H groups in total. The molecule has 1 heterocycles. The molecule has 0 aromatic heterocycles. The lowest BCUT2D eigenvalue weighted by molar-refractivity contribution is 0.179. The Morgan fingerprint density at radius 1 is 1.35 bits per heavy atom. The SMILES string of the molecule is CCCC1Oc2c(Cl)ccc(C)c2C1NCC. The van der Waals surface area contributed by atoms with E-state index >= 15 is 0 Å². The molecule has 0 radical (unpaired) electrons. The Morgan fingerprint density at radius 3 is 2.76 bits per heavy atom. The van der Waals surface area contributed by atoms with Crippen molar-refractivity contribution in [1.82, 2.24) is 5.32 Å². The minimum atomic E-state index is 0.216. The molecule has 1 aromatic carbocycles. The highest BCUT2D eigenvalue weighted by molar-refractivity contribution is 6.32. The first-order chi connectivity index (χ1) is 8.19. The minimum absolute atomic E-state index is 0.216. The number of fused-ring (bicyclic) bond motifs is 1. The summed E-state index contributed by atoms with van der Waals surface area (Å²) in [4.78, 5) is 0. The molecule has 0 saturated heterocycles. The monoisotopic (exact) mass is 253 g/mol. The van der Waals surface area contributed by atoms with Crippen molar-refractivity contribution in [2.24, 2.45) is 0 Å². The van der Waals surface area contributed by atoms with E-state index in [9.17, 15) is 0 Å². The molecular formula is C14H20ClNO. The van der Waals surface area contributed by atoms with Crippen molar-refractivity contribution in [3.05, 3.63) is 28.3 Å². The van der Waals surface area contributed by atoms with Crippen molar-refractivity contribution in [1.29, 1.82) is 0 Å². The van der Waals surface area contributed by atoms with Crippen molar-refractivity contribution in [3.63, 3.8) is 0 Å². The summed E-state index contributed by atoms with van der Waals surface area (Å²) < 4.78 is 6.03. The highest BCUT2D eigenvalue weighted by Crippen LogP contribution is 2.44. The van der Waals surface area contributed by atoms with Gasteiger partial charge in [-0.05, 0) is 31.5 Å². The minimum Gasteiger partial charge on any atom is -0.487 e. The molecule has 0 bridgehead atoms. The van der Waals surface area contributed by atoms with Gasteiger partial charge in [0.2, 0.25) is 0 Å². The van der Waals surface area contributed by atoms with Crippen LogP contribution in [0.25, 0.3) is 0 Å². The van der Waals surface area contributed by atoms with Crippen LogP contribution in [0.3, 0.4) is 0 Å². The highest BCUT2D eigenvalue weighted by atomic mass is 35.5. The zero-order chi connectivity index (χ0) is 12.4. The lowest BCUT2D eigenvalue weighted by Gasteiger charge is -2.19. The van der Waals surface area contributed by atoms with E-state index in [2.05, 4.69) is 32.2 Å². The van der Waals surface area contributed by atoms with Crippen molar-refractivity contribution in [3.8, 4) is 5.75 Å². The molecule has 2 unspecified atom stereocenters. The van der Waals surface area contributed by atoms with Crippen LogP contribution in [0.4, 0.5) is 0 Å². The molecule has 0 fully saturated rings. The van der Waals surface area contributed by atoms with Crippen LogP contribution in [0, 0.1) is 6.92 Å². The number of likely N-dealkylation sites (N-methyl/N-ethyl adjacent to an activating group) is 1. The number of hydrogen-bond donors (Lipinski definition) is 1.